The topological polar surface area (TPSA) is 78.9 Å². The van der Waals surface area contributed by atoms with Crippen molar-refractivity contribution in [1.82, 2.24) is 0 Å². The zero-order valence-corrected chi connectivity index (χ0v) is 51.5. The normalized spacial score (nSPS) is 12.4. The standard InChI is InChI=1S/C71H128O6/c1-4-7-10-13-16-19-22-24-26-28-30-31-32-33-34-35-36-37-38-39-40-42-43-45-47-49-52-55-58-61-64-70(73)76-67-68(66-75-69(72)63-60-57-54-51-21-18-15-12-9-6-3)77-71(74)65-62-59-56-53-50-48-46-44-41-29-27-25-23-20-17-14-11-8-5-2/h8,11,17,20,25,27,41,44,48,50,68H,4-7,9-10,12-16,18-19,21-24,26,28-40,42-43,45-47,49,51-67H2,1-3H3/b11-8-,20-17-,27-25-,44-41-,50-48-. The van der Waals surface area contributed by atoms with E-state index in [-0.39, 0.29) is 31.1 Å². The maximum atomic E-state index is 12.9. The van der Waals surface area contributed by atoms with E-state index in [4.69, 9.17) is 14.2 Å². The Balaban J connectivity index is 4.15. The molecular formula is C71H128O6. The van der Waals surface area contributed by atoms with Gasteiger partial charge >= 0.3 is 17.9 Å². The van der Waals surface area contributed by atoms with Gasteiger partial charge in [0.15, 0.2) is 6.10 Å². The number of esters is 3. The fraction of sp³-hybridized carbons (Fsp3) is 0.817. The van der Waals surface area contributed by atoms with E-state index in [2.05, 4.69) is 81.5 Å². The zero-order chi connectivity index (χ0) is 55.7. The molecule has 0 aliphatic rings. The van der Waals surface area contributed by atoms with Crippen LogP contribution in [-0.4, -0.2) is 37.2 Å². The summed E-state index contributed by atoms with van der Waals surface area (Å²) in [6.07, 6.45) is 84.1. The van der Waals surface area contributed by atoms with Gasteiger partial charge in [0, 0.05) is 19.3 Å². The van der Waals surface area contributed by atoms with E-state index in [9.17, 15) is 14.4 Å². The quantitative estimate of drug-likeness (QED) is 0.0261. The molecule has 0 spiro atoms. The van der Waals surface area contributed by atoms with E-state index in [0.29, 0.717) is 19.3 Å². The fourth-order valence-corrected chi connectivity index (χ4v) is 10.0. The van der Waals surface area contributed by atoms with Crippen molar-refractivity contribution in [1.29, 1.82) is 0 Å². The minimum atomic E-state index is -0.789. The Morgan fingerprint density at radius 1 is 0.273 bits per heavy atom. The first-order valence-electron chi connectivity index (χ1n) is 33.8. The second-order valence-corrected chi connectivity index (χ2v) is 22.7. The molecule has 1 unspecified atom stereocenters. The van der Waals surface area contributed by atoms with Crippen molar-refractivity contribution >= 4 is 17.9 Å². The van der Waals surface area contributed by atoms with Crippen LogP contribution in [0.5, 0.6) is 0 Å². The molecule has 0 rings (SSSR count). The summed E-state index contributed by atoms with van der Waals surface area (Å²) in [6, 6.07) is 0. The van der Waals surface area contributed by atoms with Gasteiger partial charge in [-0.05, 0) is 64.2 Å². The Labute approximate surface area is 479 Å². The van der Waals surface area contributed by atoms with E-state index in [1.165, 1.54) is 218 Å². The predicted molar refractivity (Wildman–Crippen MR) is 335 cm³/mol. The molecule has 0 amide bonds. The third-order valence-corrected chi connectivity index (χ3v) is 15.0. The summed E-state index contributed by atoms with van der Waals surface area (Å²) in [5, 5.41) is 0. The molecule has 1 atom stereocenters. The van der Waals surface area contributed by atoms with Crippen LogP contribution in [0.1, 0.15) is 355 Å². The maximum Gasteiger partial charge on any atom is 0.306 e. The van der Waals surface area contributed by atoms with Gasteiger partial charge in [-0.15, -0.1) is 0 Å². The maximum absolute atomic E-state index is 12.9. The lowest BCUT2D eigenvalue weighted by molar-refractivity contribution is -0.167. The summed E-state index contributed by atoms with van der Waals surface area (Å²) in [5.41, 5.74) is 0. The molecule has 0 aromatic carbocycles. The van der Waals surface area contributed by atoms with Crippen LogP contribution < -0.4 is 0 Å². The first-order valence-corrected chi connectivity index (χ1v) is 33.8. The van der Waals surface area contributed by atoms with Gasteiger partial charge in [0.25, 0.3) is 0 Å². The summed E-state index contributed by atoms with van der Waals surface area (Å²) in [6.45, 7) is 6.54. The molecule has 0 fully saturated rings. The Hall–Kier alpha value is -2.89. The van der Waals surface area contributed by atoms with Gasteiger partial charge < -0.3 is 14.2 Å². The minimum Gasteiger partial charge on any atom is -0.462 e. The van der Waals surface area contributed by atoms with Crippen molar-refractivity contribution < 1.29 is 28.6 Å². The molecule has 6 nitrogen and oxygen atoms in total. The van der Waals surface area contributed by atoms with Crippen molar-refractivity contribution in [3.63, 3.8) is 0 Å². The summed E-state index contributed by atoms with van der Waals surface area (Å²) in [5.74, 6) is -0.899. The van der Waals surface area contributed by atoms with E-state index < -0.39 is 6.10 Å². The molecule has 0 N–H and O–H groups in total. The average molecular weight is 1080 g/mol. The van der Waals surface area contributed by atoms with Gasteiger partial charge in [-0.1, -0.05) is 332 Å². The van der Waals surface area contributed by atoms with Gasteiger partial charge in [-0.25, -0.2) is 0 Å². The minimum absolute atomic E-state index is 0.0836. The van der Waals surface area contributed by atoms with Crippen LogP contribution in [0.4, 0.5) is 0 Å². The highest BCUT2D eigenvalue weighted by molar-refractivity contribution is 5.71. The van der Waals surface area contributed by atoms with Crippen LogP contribution in [0.2, 0.25) is 0 Å². The largest absolute Gasteiger partial charge is 0.462 e. The SMILES string of the molecule is CC/C=C\C/C=C\C/C=C\C/C=C\C/C=C\CCCCCC(=O)OC(COC(=O)CCCCCCCCCCCC)COC(=O)CCCCCCCCCCCCCCCCCCCCCCCCCCCCCCCC. The number of carbonyl (C=O) groups is 3. The highest BCUT2D eigenvalue weighted by atomic mass is 16.6. The molecule has 0 aromatic rings. The third-order valence-electron chi connectivity index (χ3n) is 15.0. The van der Waals surface area contributed by atoms with Gasteiger partial charge in [-0.2, -0.15) is 0 Å². The second kappa shape index (κ2) is 65.6. The number of ether oxygens (including phenoxy) is 3. The summed E-state index contributed by atoms with van der Waals surface area (Å²) in [7, 11) is 0. The summed E-state index contributed by atoms with van der Waals surface area (Å²) >= 11 is 0. The van der Waals surface area contributed by atoms with Crippen molar-refractivity contribution in [3.8, 4) is 0 Å². The van der Waals surface area contributed by atoms with E-state index >= 15 is 0 Å². The smallest absolute Gasteiger partial charge is 0.306 e. The van der Waals surface area contributed by atoms with Crippen LogP contribution in [-0.2, 0) is 28.6 Å². The molecule has 0 saturated heterocycles. The van der Waals surface area contributed by atoms with Crippen LogP contribution in [0.15, 0.2) is 60.8 Å². The van der Waals surface area contributed by atoms with Crippen molar-refractivity contribution in [3.05, 3.63) is 60.8 Å². The lowest BCUT2D eigenvalue weighted by atomic mass is 10.0. The Morgan fingerprint density at radius 3 is 0.792 bits per heavy atom. The molecule has 0 radical (unpaired) electrons. The summed E-state index contributed by atoms with van der Waals surface area (Å²) < 4.78 is 16.9. The average Bonchev–Trinajstić information content (AvgIpc) is 3.43. The molecule has 0 heterocycles. The third kappa shape index (κ3) is 63.8. The highest BCUT2D eigenvalue weighted by Gasteiger charge is 2.19. The summed E-state index contributed by atoms with van der Waals surface area (Å²) in [4.78, 5) is 38.2. The van der Waals surface area contributed by atoms with Crippen LogP contribution in [0.25, 0.3) is 0 Å². The number of allylic oxidation sites excluding steroid dienone is 10. The molecule has 77 heavy (non-hydrogen) atoms. The van der Waals surface area contributed by atoms with E-state index in [1.54, 1.807) is 0 Å². The Kier molecular flexibility index (Phi) is 63.2. The van der Waals surface area contributed by atoms with Gasteiger partial charge in [-0.3, -0.25) is 14.4 Å². The fourth-order valence-electron chi connectivity index (χ4n) is 10.0. The number of unbranched alkanes of at least 4 members (excludes halogenated alkanes) is 41. The number of carbonyl (C=O) groups excluding carboxylic acids is 3. The number of hydrogen-bond donors (Lipinski definition) is 0. The van der Waals surface area contributed by atoms with Gasteiger partial charge in [0.2, 0.25) is 0 Å². The van der Waals surface area contributed by atoms with E-state index in [0.717, 1.165) is 96.3 Å². The van der Waals surface area contributed by atoms with Crippen LogP contribution >= 0.6 is 0 Å². The van der Waals surface area contributed by atoms with Crippen LogP contribution in [0.3, 0.4) is 0 Å². The Morgan fingerprint density at radius 2 is 0.506 bits per heavy atom. The lowest BCUT2D eigenvalue weighted by Gasteiger charge is -2.18. The van der Waals surface area contributed by atoms with Gasteiger partial charge in [0.05, 0.1) is 0 Å². The first kappa shape index (κ1) is 74.1. The Bertz CT molecular complexity index is 1380. The van der Waals surface area contributed by atoms with E-state index in [1.807, 2.05) is 0 Å². The molecule has 0 aromatic heterocycles. The van der Waals surface area contributed by atoms with Crippen molar-refractivity contribution in [2.75, 3.05) is 13.2 Å². The monoisotopic (exact) mass is 1080 g/mol. The van der Waals surface area contributed by atoms with Gasteiger partial charge in [0.1, 0.15) is 13.2 Å². The number of hydrogen-bond acceptors (Lipinski definition) is 6. The molecule has 448 valence electrons. The second-order valence-electron chi connectivity index (χ2n) is 22.7. The molecular weight excluding hydrogens is 949 g/mol. The highest BCUT2D eigenvalue weighted by Crippen LogP contribution is 2.18. The zero-order valence-electron chi connectivity index (χ0n) is 51.5. The predicted octanol–water partition coefficient (Wildman–Crippen LogP) is 23.1. The van der Waals surface area contributed by atoms with Crippen molar-refractivity contribution in [2.45, 2.75) is 361 Å². The molecule has 0 aliphatic carbocycles. The first-order chi connectivity index (χ1) is 38.0. The number of rotatable bonds is 62. The van der Waals surface area contributed by atoms with Crippen molar-refractivity contribution in [2.24, 2.45) is 0 Å². The lowest BCUT2D eigenvalue weighted by Crippen LogP contribution is -2.30. The molecule has 0 aliphatic heterocycles. The molecule has 0 saturated carbocycles. The van der Waals surface area contributed by atoms with Crippen LogP contribution in [0, 0.1) is 0 Å². The molecule has 6 heteroatoms. The molecule has 0 bridgehead atoms.